The molecule has 0 saturated carbocycles. The molecular formula is C9H14FN3O5S. The van der Waals surface area contributed by atoms with Crippen LogP contribution in [0.3, 0.4) is 0 Å². The van der Waals surface area contributed by atoms with Gasteiger partial charge in [-0.25, -0.2) is 4.79 Å². The lowest BCUT2D eigenvalue weighted by atomic mass is 10.2. The summed E-state index contributed by atoms with van der Waals surface area (Å²) in [5, 5.41) is 0.0733. The zero-order valence-corrected chi connectivity index (χ0v) is 10.7. The molecule has 10 heteroatoms. The number of rotatable bonds is 8. The summed E-state index contributed by atoms with van der Waals surface area (Å²) in [6, 6.07) is -0.876. The van der Waals surface area contributed by atoms with Crippen LogP contribution < -0.4 is 11.1 Å². The minimum absolute atomic E-state index is 0.0479. The second-order valence-corrected chi connectivity index (χ2v) is 4.94. The molecule has 0 radical (unpaired) electrons. The highest BCUT2D eigenvalue weighted by molar-refractivity contribution is 7.87. The average molecular weight is 295 g/mol. The molecule has 8 nitrogen and oxygen atoms in total. The van der Waals surface area contributed by atoms with Gasteiger partial charge in [-0.2, -0.15) is 8.42 Å². The van der Waals surface area contributed by atoms with Crippen LogP contribution in [0.25, 0.3) is 0 Å². The molecule has 0 fully saturated rings. The van der Waals surface area contributed by atoms with Gasteiger partial charge in [0.1, 0.15) is 0 Å². The van der Waals surface area contributed by atoms with Crippen LogP contribution in [0.4, 0.5) is 8.68 Å². The van der Waals surface area contributed by atoms with Gasteiger partial charge in [0.05, 0.1) is 0 Å². The van der Waals surface area contributed by atoms with Gasteiger partial charge in [-0.15, -0.1) is 10.5 Å². The molecule has 0 aliphatic carbocycles. The minimum Gasteiger partial charge on any atom is -0.352 e. The van der Waals surface area contributed by atoms with E-state index in [1.54, 1.807) is 0 Å². The molecule has 0 spiro atoms. The number of primary amides is 1. The lowest BCUT2D eigenvalue weighted by Crippen LogP contribution is -2.45. The van der Waals surface area contributed by atoms with E-state index in [1.807, 2.05) is 0 Å². The van der Waals surface area contributed by atoms with Crippen molar-refractivity contribution in [3.05, 3.63) is 12.7 Å². The number of nitrogens with two attached hydrogens (primary N) is 1. The number of nitrogens with zero attached hydrogens (tertiary/aromatic N) is 1. The summed E-state index contributed by atoms with van der Waals surface area (Å²) in [7, 11) is -5.16. The molecule has 1 unspecified atom stereocenters. The number of nitrogens with one attached hydrogen (secondary N) is 1. The Morgan fingerprint density at radius 1 is 1.47 bits per heavy atom. The summed E-state index contributed by atoms with van der Waals surface area (Å²) < 4.78 is 34.5. The summed E-state index contributed by atoms with van der Waals surface area (Å²) in [5.74, 6) is -1.23. The molecule has 3 N–H and O–H groups in total. The first-order valence-corrected chi connectivity index (χ1v) is 6.52. The summed E-state index contributed by atoms with van der Waals surface area (Å²) in [6.07, 6.45) is 0.627. The zero-order valence-electron chi connectivity index (χ0n) is 9.91. The first-order valence-electron chi connectivity index (χ1n) is 5.07. The first kappa shape index (κ1) is 17.0. The van der Waals surface area contributed by atoms with Crippen LogP contribution in [0.1, 0.15) is 6.42 Å². The van der Waals surface area contributed by atoms with Gasteiger partial charge in [-0.1, -0.05) is 6.08 Å². The van der Waals surface area contributed by atoms with E-state index in [9.17, 15) is 26.7 Å². The number of carbonyl (C=O) groups is 3. The molecule has 0 aromatic carbocycles. The molecule has 0 aliphatic heterocycles. The Balaban J connectivity index is 4.83. The van der Waals surface area contributed by atoms with Gasteiger partial charge >= 0.3 is 16.3 Å². The van der Waals surface area contributed by atoms with Crippen molar-refractivity contribution in [3.63, 3.8) is 0 Å². The van der Waals surface area contributed by atoms with Crippen LogP contribution in [-0.4, -0.2) is 50.0 Å². The number of halogens is 1. The van der Waals surface area contributed by atoms with E-state index in [0.717, 1.165) is 6.08 Å². The maximum Gasteiger partial charge on any atom is 0.314 e. The Morgan fingerprint density at radius 3 is 2.42 bits per heavy atom. The average Bonchev–Trinajstić information content (AvgIpc) is 2.29. The molecule has 108 valence electrons. The Labute approximate surface area is 109 Å². The second kappa shape index (κ2) is 7.46. The van der Waals surface area contributed by atoms with Crippen molar-refractivity contribution in [3.8, 4) is 0 Å². The Kier molecular flexibility index (Phi) is 6.69. The highest BCUT2D eigenvalue weighted by Gasteiger charge is 2.34. The fraction of sp³-hybridized carbons (Fsp3) is 0.444. The fourth-order valence-electron chi connectivity index (χ4n) is 1.19. The van der Waals surface area contributed by atoms with Crippen molar-refractivity contribution in [2.45, 2.75) is 11.7 Å². The van der Waals surface area contributed by atoms with Crippen LogP contribution in [-0.2, 0) is 19.8 Å². The third-order valence-corrected chi connectivity index (χ3v) is 3.13. The quantitative estimate of drug-likeness (QED) is 0.333. The number of allylic oxidation sites excluding steroid dienone is 1. The molecular weight excluding hydrogens is 281 g/mol. The number of imide groups is 1. The normalized spacial score (nSPS) is 12.3. The van der Waals surface area contributed by atoms with Gasteiger partial charge in [-0.05, 0) is 6.42 Å². The predicted octanol–water partition coefficient (Wildman–Crippen LogP) is -1.12. The van der Waals surface area contributed by atoms with Gasteiger partial charge in [-0.3, -0.25) is 14.5 Å². The topological polar surface area (TPSA) is 127 Å². The van der Waals surface area contributed by atoms with E-state index in [2.05, 4.69) is 11.9 Å². The number of carbonyl (C=O) groups excluding carboxylic acids is 3. The second-order valence-electron chi connectivity index (χ2n) is 3.42. The molecule has 0 aliphatic rings. The number of hydrogen-bond acceptors (Lipinski definition) is 5. The Morgan fingerprint density at radius 2 is 2.05 bits per heavy atom. The minimum atomic E-state index is -5.16. The van der Waals surface area contributed by atoms with E-state index < -0.39 is 33.8 Å². The Bertz CT molecular complexity index is 464. The first-order chi connectivity index (χ1) is 8.73. The van der Waals surface area contributed by atoms with E-state index in [1.165, 1.54) is 0 Å². The van der Waals surface area contributed by atoms with Crippen molar-refractivity contribution in [1.29, 1.82) is 0 Å². The van der Waals surface area contributed by atoms with Crippen molar-refractivity contribution in [2.75, 3.05) is 13.1 Å². The molecule has 0 saturated heterocycles. The summed E-state index contributed by atoms with van der Waals surface area (Å²) in [6.45, 7) is 2.70. The van der Waals surface area contributed by atoms with Crippen LogP contribution in [0.15, 0.2) is 12.7 Å². The zero-order chi connectivity index (χ0) is 15.1. The van der Waals surface area contributed by atoms with Crippen molar-refractivity contribution in [2.24, 2.45) is 5.73 Å². The molecule has 4 amide bonds. The summed E-state index contributed by atoms with van der Waals surface area (Å²) in [4.78, 5) is 33.2. The lowest BCUT2D eigenvalue weighted by molar-refractivity contribution is -0.137. The van der Waals surface area contributed by atoms with Gasteiger partial charge in [0.2, 0.25) is 12.3 Å². The van der Waals surface area contributed by atoms with Crippen LogP contribution in [0.5, 0.6) is 0 Å². The Hall–Kier alpha value is -1.97. The summed E-state index contributed by atoms with van der Waals surface area (Å²) >= 11 is 0. The number of amides is 4. The smallest absolute Gasteiger partial charge is 0.314 e. The summed E-state index contributed by atoms with van der Waals surface area (Å²) in [5.41, 5.74) is 4.76. The molecule has 0 aromatic heterocycles. The monoisotopic (exact) mass is 295 g/mol. The van der Waals surface area contributed by atoms with Gasteiger partial charge in [0.15, 0.2) is 5.25 Å². The molecule has 0 aromatic rings. The molecule has 0 rings (SSSR count). The van der Waals surface area contributed by atoms with Gasteiger partial charge < -0.3 is 11.1 Å². The third-order valence-electron chi connectivity index (χ3n) is 2.06. The highest BCUT2D eigenvalue weighted by Crippen LogP contribution is 2.12. The third kappa shape index (κ3) is 5.95. The van der Waals surface area contributed by atoms with Gasteiger partial charge in [0, 0.05) is 13.1 Å². The largest absolute Gasteiger partial charge is 0.352 e. The number of hydrogen-bond donors (Lipinski definition) is 2. The van der Waals surface area contributed by atoms with Crippen molar-refractivity contribution < 1.29 is 26.7 Å². The van der Waals surface area contributed by atoms with Crippen molar-refractivity contribution >= 4 is 28.6 Å². The van der Waals surface area contributed by atoms with Crippen LogP contribution >= 0.6 is 0 Å². The highest BCUT2D eigenvalue weighted by atomic mass is 32.3. The number of urea groups is 1. The standard InChI is InChI=1S/C9H14FN3O5S/c1-2-3-7(19(10,17)18)8(15)13(6-14)5-4-12-9(11)16/h2,6-7H,1,3-5H2,(H3,11,12,16). The van der Waals surface area contributed by atoms with E-state index >= 15 is 0 Å². The SMILES string of the molecule is C=CCC(C(=O)N(C=O)CCNC(N)=O)S(=O)(=O)F. The van der Waals surface area contributed by atoms with Crippen LogP contribution in [0.2, 0.25) is 0 Å². The van der Waals surface area contributed by atoms with Crippen LogP contribution in [0, 0.1) is 0 Å². The maximum atomic E-state index is 12.9. The van der Waals surface area contributed by atoms with E-state index in [-0.39, 0.29) is 19.5 Å². The molecule has 0 bridgehead atoms. The fourth-order valence-corrected chi connectivity index (χ4v) is 1.93. The predicted molar refractivity (Wildman–Crippen MR) is 64.0 cm³/mol. The van der Waals surface area contributed by atoms with Gasteiger partial charge in [0.25, 0.3) is 0 Å². The van der Waals surface area contributed by atoms with Crippen molar-refractivity contribution in [1.82, 2.24) is 10.2 Å². The molecule has 19 heavy (non-hydrogen) atoms. The maximum absolute atomic E-state index is 12.9. The lowest BCUT2D eigenvalue weighted by Gasteiger charge is -2.19. The molecule has 1 atom stereocenters. The van der Waals surface area contributed by atoms with E-state index in [4.69, 9.17) is 5.73 Å². The van der Waals surface area contributed by atoms with E-state index in [0.29, 0.717) is 4.90 Å². The molecule has 0 heterocycles.